The van der Waals surface area contributed by atoms with Crippen molar-refractivity contribution in [1.29, 1.82) is 0 Å². The molecule has 0 radical (unpaired) electrons. The molecule has 1 aromatic carbocycles. The molecule has 1 aliphatic heterocycles. The van der Waals surface area contributed by atoms with E-state index in [1.54, 1.807) is 6.07 Å². The van der Waals surface area contributed by atoms with Gasteiger partial charge in [-0.3, -0.25) is 4.90 Å². The monoisotopic (exact) mass is 254 g/mol. The Kier molecular flexibility index (Phi) is 3.94. The Bertz CT molecular complexity index is 387. The number of thioether (sulfide) groups is 1. The Hall–Kier alpha value is -0.740. The highest BCUT2D eigenvalue weighted by atomic mass is 32.2. The molecular weight excluding hydrogens is 235 g/mol. The predicted molar refractivity (Wildman–Crippen MR) is 72.6 cm³/mol. The maximum atomic E-state index is 13.3. The van der Waals surface area contributed by atoms with Crippen molar-refractivity contribution in [1.82, 2.24) is 4.90 Å². The van der Waals surface area contributed by atoms with Crippen LogP contribution in [-0.2, 0) is 6.54 Å². The minimum Gasteiger partial charge on any atom is -0.396 e. The molecular formula is C13H19FN2S. The van der Waals surface area contributed by atoms with Crippen LogP contribution in [0.1, 0.15) is 19.4 Å². The molecule has 0 saturated carbocycles. The van der Waals surface area contributed by atoms with E-state index in [1.165, 1.54) is 6.07 Å². The van der Waals surface area contributed by atoms with Crippen molar-refractivity contribution < 1.29 is 4.39 Å². The first-order chi connectivity index (χ1) is 8.06. The zero-order chi connectivity index (χ0) is 12.4. The number of anilines is 1. The molecule has 1 aliphatic rings. The predicted octanol–water partition coefficient (Wildman–Crippen LogP) is 2.73. The lowest BCUT2D eigenvalue weighted by molar-refractivity contribution is 0.263. The molecule has 4 heteroatoms. The Morgan fingerprint density at radius 2 is 2.00 bits per heavy atom. The van der Waals surface area contributed by atoms with Gasteiger partial charge in [-0.15, -0.1) is 0 Å². The summed E-state index contributed by atoms with van der Waals surface area (Å²) in [5, 5.41) is 1.27. The number of halogens is 1. The van der Waals surface area contributed by atoms with Crippen LogP contribution in [0.25, 0.3) is 0 Å². The summed E-state index contributed by atoms with van der Waals surface area (Å²) < 4.78 is 13.3. The molecule has 1 fully saturated rings. The van der Waals surface area contributed by atoms with Crippen LogP contribution in [0.3, 0.4) is 0 Å². The summed E-state index contributed by atoms with van der Waals surface area (Å²) in [7, 11) is 0. The molecule has 0 bridgehead atoms. The average molecular weight is 254 g/mol. The highest BCUT2D eigenvalue weighted by Crippen LogP contribution is 2.27. The van der Waals surface area contributed by atoms with Crippen molar-refractivity contribution in [2.45, 2.75) is 30.9 Å². The summed E-state index contributed by atoms with van der Waals surface area (Å²) in [6, 6.07) is 5.05. The van der Waals surface area contributed by atoms with E-state index in [4.69, 9.17) is 5.73 Å². The van der Waals surface area contributed by atoms with Gasteiger partial charge in [-0.25, -0.2) is 4.39 Å². The first kappa shape index (κ1) is 12.7. The normalized spacial score (nSPS) is 26.1. The maximum absolute atomic E-state index is 13.3. The number of nitrogen functional groups attached to an aromatic ring is 1. The van der Waals surface area contributed by atoms with Crippen LogP contribution in [0.5, 0.6) is 0 Å². The van der Waals surface area contributed by atoms with Crippen molar-refractivity contribution in [2.75, 3.05) is 18.8 Å². The summed E-state index contributed by atoms with van der Waals surface area (Å²) in [5.74, 6) is -0.310. The third kappa shape index (κ3) is 3.13. The number of hydrogen-bond donors (Lipinski definition) is 1. The van der Waals surface area contributed by atoms with Crippen molar-refractivity contribution in [3.8, 4) is 0 Å². The topological polar surface area (TPSA) is 29.3 Å². The molecule has 2 rings (SSSR count). The van der Waals surface area contributed by atoms with Gasteiger partial charge < -0.3 is 5.73 Å². The number of benzene rings is 1. The minimum absolute atomic E-state index is 0.297. The lowest BCUT2D eigenvalue weighted by Gasteiger charge is -2.34. The fourth-order valence-electron chi connectivity index (χ4n) is 2.37. The molecule has 2 nitrogen and oxygen atoms in total. The summed E-state index contributed by atoms with van der Waals surface area (Å²) >= 11 is 2.02. The smallest absolute Gasteiger partial charge is 0.146 e. The van der Waals surface area contributed by atoms with Gasteiger partial charge in [0, 0.05) is 30.1 Å². The van der Waals surface area contributed by atoms with E-state index < -0.39 is 0 Å². The van der Waals surface area contributed by atoms with Crippen molar-refractivity contribution in [2.24, 2.45) is 0 Å². The summed E-state index contributed by atoms with van der Waals surface area (Å²) in [5.41, 5.74) is 6.96. The van der Waals surface area contributed by atoms with Gasteiger partial charge in [-0.1, -0.05) is 26.0 Å². The maximum Gasteiger partial charge on any atom is 0.146 e. The van der Waals surface area contributed by atoms with E-state index in [0.29, 0.717) is 16.2 Å². The van der Waals surface area contributed by atoms with E-state index in [2.05, 4.69) is 18.7 Å². The van der Waals surface area contributed by atoms with E-state index in [1.807, 2.05) is 17.8 Å². The standard InChI is InChI=1S/C13H19FN2S/c1-9-6-16(7-10(2)17-9)8-11-4-3-5-12(14)13(11)15/h3-5,9-10H,6-8,15H2,1-2H3. The van der Waals surface area contributed by atoms with Gasteiger partial charge in [0.2, 0.25) is 0 Å². The fourth-order valence-corrected chi connectivity index (χ4v) is 3.76. The van der Waals surface area contributed by atoms with Crippen LogP contribution in [-0.4, -0.2) is 28.5 Å². The zero-order valence-electron chi connectivity index (χ0n) is 10.3. The highest BCUT2D eigenvalue weighted by Gasteiger charge is 2.22. The molecule has 0 aromatic heterocycles. The molecule has 1 aromatic rings. The number of rotatable bonds is 2. The quantitative estimate of drug-likeness (QED) is 0.823. The van der Waals surface area contributed by atoms with E-state index >= 15 is 0 Å². The van der Waals surface area contributed by atoms with Crippen molar-refractivity contribution >= 4 is 17.4 Å². The first-order valence-electron chi connectivity index (χ1n) is 5.97. The van der Waals surface area contributed by atoms with Gasteiger partial charge >= 0.3 is 0 Å². The molecule has 94 valence electrons. The van der Waals surface area contributed by atoms with Crippen LogP contribution < -0.4 is 5.73 Å². The minimum atomic E-state index is -0.310. The fraction of sp³-hybridized carbons (Fsp3) is 0.538. The van der Waals surface area contributed by atoms with Crippen LogP contribution in [0.2, 0.25) is 0 Å². The summed E-state index contributed by atoms with van der Waals surface area (Å²) in [4.78, 5) is 2.36. The van der Waals surface area contributed by atoms with Crippen LogP contribution in [0, 0.1) is 5.82 Å². The second-order valence-corrected chi connectivity index (χ2v) is 6.65. The van der Waals surface area contributed by atoms with Crippen molar-refractivity contribution in [3.05, 3.63) is 29.6 Å². The van der Waals surface area contributed by atoms with Crippen LogP contribution >= 0.6 is 11.8 Å². The van der Waals surface area contributed by atoms with Crippen molar-refractivity contribution in [3.63, 3.8) is 0 Å². The van der Waals surface area contributed by atoms with Gasteiger partial charge in [-0.2, -0.15) is 11.8 Å². The van der Waals surface area contributed by atoms with E-state index in [-0.39, 0.29) is 5.82 Å². The molecule has 0 aliphatic carbocycles. The van der Waals surface area contributed by atoms with Gasteiger partial charge in [0.25, 0.3) is 0 Å². The number of para-hydroxylation sites is 1. The van der Waals surface area contributed by atoms with Crippen LogP contribution in [0.4, 0.5) is 10.1 Å². The molecule has 1 saturated heterocycles. The van der Waals surface area contributed by atoms with Gasteiger partial charge in [0.15, 0.2) is 0 Å². The lowest BCUT2D eigenvalue weighted by Crippen LogP contribution is -2.39. The Morgan fingerprint density at radius 1 is 1.35 bits per heavy atom. The highest BCUT2D eigenvalue weighted by molar-refractivity contribution is 8.00. The Balaban J connectivity index is 2.07. The van der Waals surface area contributed by atoms with E-state index in [0.717, 1.165) is 25.2 Å². The molecule has 2 atom stereocenters. The number of nitrogens with two attached hydrogens (primary N) is 1. The second-order valence-electron chi connectivity index (χ2n) is 4.76. The molecule has 1 heterocycles. The van der Waals surface area contributed by atoms with Crippen LogP contribution in [0.15, 0.2) is 18.2 Å². The Morgan fingerprint density at radius 3 is 2.65 bits per heavy atom. The largest absolute Gasteiger partial charge is 0.396 e. The molecule has 0 spiro atoms. The van der Waals surface area contributed by atoms with E-state index in [9.17, 15) is 4.39 Å². The Labute approximate surface area is 106 Å². The summed E-state index contributed by atoms with van der Waals surface area (Å²) in [6.45, 7) is 7.32. The zero-order valence-corrected chi connectivity index (χ0v) is 11.1. The molecule has 0 amide bonds. The molecule has 2 unspecified atom stereocenters. The average Bonchev–Trinajstić information content (AvgIpc) is 2.23. The van der Waals surface area contributed by atoms with Gasteiger partial charge in [0.1, 0.15) is 5.82 Å². The molecule has 17 heavy (non-hydrogen) atoms. The number of nitrogens with zero attached hydrogens (tertiary/aromatic N) is 1. The van der Waals surface area contributed by atoms with Gasteiger partial charge in [0.05, 0.1) is 5.69 Å². The number of hydrogen-bond acceptors (Lipinski definition) is 3. The SMILES string of the molecule is CC1CN(Cc2cccc(F)c2N)CC(C)S1. The lowest BCUT2D eigenvalue weighted by atomic mass is 10.1. The second kappa shape index (κ2) is 5.27. The molecule has 2 N–H and O–H groups in total. The summed E-state index contributed by atoms with van der Waals surface area (Å²) in [6.07, 6.45) is 0. The third-order valence-electron chi connectivity index (χ3n) is 3.03. The third-order valence-corrected chi connectivity index (χ3v) is 4.26. The van der Waals surface area contributed by atoms with Gasteiger partial charge in [-0.05, 0) is 11.6 Å². The first-order valence-corrected chi connectivity index (χ1v) is 6.91.